The first-order chi connectivity index (χ1) is 8.34. The molecule has 0 radical (unpaired) electrons. The Kier molecular flexibility index (Phi) is 5.11. The van der Waals surface area contributed by atoms with Gasteiger partial charge in [0, 0.05) is 23.1 Å². The Labute approximate surface area is 110 Å². The van der Waals surface area contributed by atoms with E-state index in [0.29, 0.717) is 4.47 Å². The lowest BCUT2D eigenvalue weighted by atomic mass is 10.1. The molecule has 0 amide bonds. The number of rotatable bonds is 4. The van der Waals surface area contributed by atoms with Crippen LogP contribution in [0.2, 0.25) is 0 Å². The maximum absolute atomic E-state index is 13.3. The van der Waals surface area contributed by atoms with E-state index in [0.717, 1.165) is 6.07 Å². The number of alkyl halides is 3. The van der Waals surface area contributed by atoms with Crippen LogP contribution in [0, 0.1) is 23.1 Å². The molecule has 0 fully saturated rings. The topological polar surface area (TPSA) is 35.8 Å². The van der Waals surface area contributed by atoms with Crippen LogP contribution in [0.5, 0.6) is 0 Å². The third-order valence-corrected chi connectivity index (χ3v) is 2.72. The van der Waals surface area contributed by atoms with Gasteiger partial charge in [0.15, 0.2) is 5.92 Å². The molecule has 1 atom stereocenters. The second-order valence-corrected chi connectivity index (χ2v) is 4.51. The largest absolute Gasteiger partial charge is 0.405 e. The van der Waals surface area contributed by atoms with E-state index in [2.05, 4.69) is 21.2 Å². The summed E-state index contributed by atoms with van der Waals surface area (Å²) in [6.45, 7) is -0.633. The number of halogens is 5. The Bertz CT molecular complexity index is 453. The zero-order valence-electron chi connectivity index (χ0n) is 9.06. The summed E-state index contributed by atoms with van der Waals surface area (Å²) in [5, 5.41) is 10.8. The smallest absolute Gasteiger partial charge is 0.311 e. The van der Waals surface area contributed by atoms with Crippen LogP contribution in [0.15, 0.2) is 22.7 Å². The Morgan fingerprint density at radius 1 is 1.39 bits per heavy atom. The third-order valence-electron chi connectivity index (χ3n) is 2.22. The number of nitrogens with zero attached hydrogens (tertiary/aromatic N) is 1. The van der Waals surface area contributed by atoms with Gasteiger partial charge in [-0.15, -0.1) is 0 Å². The highest BCUT2D eigenvalue weighted by Gasteiger charge is 2.39. The third kappa shape index (κ3) is 4.27. The van der Waals surface area contributed by atoms with E-state index in [4.69, 9.17) is 5.26 Å². The average Bonchev–Trinajstić information content (AvgIpc) is 2.27. The summed E-state index contributed by atoms with van der Waals surface area (Å²) in [7, 11) is 0. The van der Waals surface area contributed by atoms with Crippen LogP contribution in [0.25, 0.3) is 0 Å². The SMILES string of the molecule is N#CC(CNCc1cc(Br)ccc1F)C(F)(F)F. The molecule has 0 aliphatic carbocycles. The van der Waals surface area contributed by atoms with Gasteiger partial charge < -0.3 is 5.32 Å². The number of nitriles is 1. The minimum absolute atomic E-state index is 0.0699. The number of hydrogen-bond acceptors (Lipinski definition) is 2. The molecule has 7 heteroatoms. The monoisotopic (exact) mass is 324 g/mol. The highest BCUT2D eigenvalue weighted by Crippen LogP contribution is 2.25. The molecule has 1 rings (SSSR count). The summed E-state index contributed by atoms with van der Waals surface area (Å²) in [6.07, 6.45) is -4.57. The highest BCUT2D eigenvalue weighted by molar-refractivity contribution is 9.10. The van der Waals surface area contributed by atoms with Gasteiger partial charge >= 0.3 is 6.18 Å². The van der Waals surface area contributed by atoms with Gasteiger partial charge in [-0.05, 0) is 18.2 Å². The summed E-state index contributed by atoms with van der Waals surface area (Å²) < 4.78 is 50.6. The zero-order valence-corrected chi connectivity index (χ0v) is 10.6. The summed E-state index contributed by atoms with van der Waals surface area (Å²) in [5.74, 6) is -2.60. The van der Waals surface area contributed by atoms with E-state index in [1.54, 1.807) is 0 Å². The molecular formula is C11H9BrF4N2. The fraction of sp³-hybridized carbons (Fsp3) is 0.364. The van der Waals surface area contributed by atoms with Crippen molar-refractivity contribution >= 4 is 15.9 Å². The molecule has 1 unspecified atom stereocenters. The second kappa shape index (κ2) is 6.16. The van der Waals surface area contributed by atoms with Crippen molar-refractivity contribution in [3.8, 4) is 6.07 Å². The van der Waals surface area contributed by atoms with Crippen molar-refractivity contribution in [1.29, 1.82) is 5.26 Å². The maximum Gasteiger partial charge on any atom is 0.405 e. The molecule has 0 bridgehead atoms. The first-order valence-corrected chi connectivity index (χ1v) is 5.75. The van der Waals surface area contributed by atoms with E-state index >= 15 is 0 Å². The molecule has 0 aliphatic heterocycles. The Morgan fingerprint density at radius 3 is 2.61 bits per heavy atom. The summed E-state index contributed by atoms with van der Waals surface area (Å²) in [5.41, 5.74) is 0.239. The summed E-state index contributed by atoms with van der Waals surface area (Å²) in [4.78, 5) is 0. The molecule has 0 saturated heterocycles. The standard InChI is InChI=1S/C11H9BrF4N2/c12-9-1-2-10(13)7(3-9)5-18-6-8(4-17)11(14,15)16/h1-3,8,18H,5-6H2. The van der Waals surface area contributed by atoms with Crippen LogP contribution < -0.4 is 5.32 Å². The number of hydrogen-bond donors (Lipinski definition) is 1. The van der Waals surface area contributed by atoms with Crippen molar-refractivity contribution < 1.29 is 17.6 Å². The van der Waals surface area contributed by atoms with Crippen molar-refractivity contribution in [2.75, 3.05) is 6.54 Å². The van der Waals surface area contributed by atoms with Crippen LogP contribution in [0.3, 0.4) is 0 Å². The lowest BCUT2D eigenvalue weighted by Gasteiger charge is -2.14. The van der Waals surface area contributed by atoms with Crippen LogP contribution in [0.4, 0.5) is 17.6 Å². The molecule has 18 heavy (non-hydrogen) atoms. The summed E-state index contributed by atoms with van der Waals surface area (Å²) >= 11 is 3.14. The van der Waals surface area contributed by atoms with Gasteiger partial charge in [0.2, 0.25) is 0 Å². The predicted octanol–water partition coefficient (Wildman–Crippen LogP) is 3.38. The molecule has 0 heterocycles. The van der Waals surface area contributed by atoms with Crippen molar-refractivity contribution in [1.82, 2.24) is 5.32 Å². The minimum Gasteiger partial charge on any atom is -0.311 e. The van der Waals surface area contributed by atoms with Gasteiger partial charge in [0.25, 0.3) is 0 Å². The fourth-order valence-electron chi connectivity index (χ4n) is 1.26. The minimum atomic E-state index is -4.57. The first-order valence-electron chi connectivity index (χ1n) is 4.95. The van der Waals surface area contributed by atoms with Crippen LogP contribution in [-0.4, -0.2) is 12.7 Å². The van der Waals surface area contributed by atoms with Crippen molar-refractivity contribution in [2.45, 2.75) is 12.7 Å². The van der Waals surface area contributed by atoms with E-state index in [1.165, 1.54) is 18.2 Å². The molecule has 0 aromatic heterocycles. The van der Waals surface area contributed by atoms with E-state index in [9.17, 15) is 17.6 Å². The molecule has 1 aromatic carbocycles. The molecule has 0 saturated carbocycles. The Morgan fingerprint density at radius 2 is 2.06 bits per heavy atom. The molecule has 0 spiro atoms. The molecule has 1 aromatic rings. The molecule has 2 nitrogen and oxygen atoms in total. The molecule has 0 aliphatic rings. The maximum atomic E-state index is 13.3. The second-order valence-electron chi connectivity index (χ2n) is 3.59. The van der Waals surface area contributed by atoms with Crippen LogP contribution in [0.1, 0.15) is 5.56 Å². The van der Waals surface area contributed by atoms with Crippen molar-refractivity contribution in [3.05, 3.63) is 34.1 Å². The Balaban J connectivity index is 2.56. The number of benzene rings is 1. The van der Waals surface area contributed by atoms with Crippen molar-refractivity contribution in [2.24, 2.45) is 5.92 Å². The lowest BCUT2D eigenvalue weighted by Crippen LogP contribution is -2.32. The number of nitrogens with one attached hydrogen (secondary N) is 1. The Hall–Kier alpha value is -1.13. The van der Waals surface area contributed by atoms with Gasteiger partial charge in [-0.1, -0.05) is 15.9 Å². The van der Waals surface area contributed by atoms with E-state index < -0.39 is 24.5 Å². The molecule has 1 N–H and O–H groups in total. The normalized spacial score (nSPS) is 13.1. The van der Waals surface area contributed by atoms with Gasteiger partial charge in [0.1, 0.15) is 5.82 Å². The fourth-order valence-corrected chi connectivity index (χ4v) is 1.67. The average molecular weight is 325 g/mol. The lowest BCUT2D eigenvalue weighted by molar-refractivity contribution is -0.157. The van der Waals surface area contributed by atoms with Gasteiger partial charge in [-0.25, -0.2) is 4.39 Å². The molecule has 98 valence electrons. The van der Waals surface area contributed by atoms with E-state index in [1.807, 2.05) is 0 Å². The van der Waals surface area contributed by atoms with Gasteiger partial charge in [-0.2, -0.15) is 18.4 Å². The predicted molar refractivity (Wildman–Crippen MR) is 61.0 cm³/mol. The van der Waals surface area contributed by atoms with Crippen LogP contribution in [-0.2, 0) is 6.54 Å². The highest BCUT2D eigenvalue weighted by atomic mass is 79.9. The van der Waals surface area contributed by atoms with Gasteiger partial charge in [-0.3, -0.25) is 0 Å². The first kappa shape index (κ1) is 14.9. The van der Waals surface area contributed by atoms with Crippen LogP contribution >= 0.6 is 15.9 Å². The summed E-state index contributed by atoms with van der Waals surface area (Å²) in [6, 6.07) is 5.34. The zero-order chi connectivity index (χ0) is 13.8. The van der Waals surface area contributed by atoms with Gasteiger partial charge in [0.05, 0.1) is 6.07 Å². The van der Waals surface area contributed by atoms with Crippen molar-refractivity contribution in [3.63, 3.8) is 0 Å². The van der Waals surface area contributed by atoms with E-state index in [-0.39, 0.29) is 12.1 Å². The molecular weight excluding hydrogens is 316 g/mol. The quantitative estimate of drug-likeness (QED) is 0.862.